The van der Waals surface area contributed by atoms with Crippen molar-refractivity contribution >= 4 is 34.8 Å². The molecule has 136 valence electrons. The predicted octanol–water partition coefficient (Wildman–Crippen LogP) is 2.58. The molecule has 1 fully saturated rings. The summed E-state index contributed by atoms with van der Waals surface area (Å²) in [6.45, 7) is 2.75. The van der Waals surface area contributed by atoms with Crippen LogP contribution in [0.1, 0.15) is 26.2 Å². The van der Waals surface area contributed by atoms with Crippen LogP contribution in [0.4, 0.5) is 11.4 Å². The number of ether oxygens (including phenoxy) is 3. The summed E-state index contributed by atoms with van der Waals surface area (Å²) in [7, 11) is 0. The Balaban J connectivity index is 1.57. The second kappa shape index (κ2) is 8.03. The van der Waals surface area contributed by atoms with E-state index in [0.29, 0.717) is 28.8 Å². The number of amides is 2. The molecule has 1 saturated heterocycles. The smallest absolute Gasteiger partial charge is 0.262 e. The molecule has 2 amide bonds. The first kappa shape index (κ1) is 18.0. The third kappa shape index (κ3) is 4.62. The molecule has 2 atom stereocenters. The lowest BCUT2D eigenvalue weighted by atomic mass is 10.1. The number of nitrogens with one attached hydrogen (secondary N) is 2. The van der Waals surface area contributed by atoms with Crippen LogP contribution < -0.4 is 15.4 Å². The zero-order valence-corrected chi connectivity index (χ0v) is 14.7. The number of rotatable bonds is 5. The first-order chi connectivity index (χ1) is 12.0. The summed E-state index contributed by atoms with van der Waals surface area (Å²) in [5, 5.41) is 5.70. The van der Waals surface area contributed by atoms with Crippen molar-refractivity contribution in [1.82, 2.24) is 0 Å². The second-order valence-electron chi connectivity index (χ2n) is 6.12. The highest BCUT2D eigenvalue weighted by atomic mass is 35.5. The van der Waals surface area contributed by atoms with Gasteiger partial charge in [-0.3, -0.25) is 9.59 Å². The van der Waals surface area contributed by atoms with Gasteiger partial charge < -0.3 is 24.8 Å². The van der Waals surface area contributed by atoms with Crippen molar-refractivity contribution in [3.05, 3.63) is 17.2 Å². The third-order valence-corrected chi connectivity index (χ3v) is 4.45. The number of halogens is 1. The Hall–Kier alpha value is -1.83. The van der Waals surface area contributed by atoms with Gasteiger partial charge in [-0.25, -0.2) is 0 Å². The first-order valence-electron chi connectivity index (χ1n) is 8.33. The molecule has 0 radical (unpaired) electrons. The number of carbonyl (C=O) groups is 2. The van der Waals surface area contributed by atoms with Gasteiger partial charge in [-0.15, -0.1) is 0 Å². The molecule has 0 saturated carbocycles. The first-order valence-corrected chi connectivity index (χ1v) is 8.71. The average molecular weight is 369 g/mol. The number of hydrogen-bond donors (Lipinski definition) is 2. The van der Waals surface area contributed by atoms with Crippen molar-refractivity contribution in [3.63, 3.8) is 0 Å². The molecule has 25 heavy (non-hydrogen) atoms. The van der Waals surface area contributed by atoms with Crippen molar-refractivity contribution in [3.8, 4) is 5.75 Å². The van der Waals surface area contributed by atoms with E-state index in [1.165, 1.54) is 0 Å². The van der Waals surface area contributed by atoms with Gasteiger partial charge >= 0.3 is 0 Å². The van der Waals surface area contributed by atoms with E-state index in [1.54, 1.807) is 19.1 Å². The number of carbonyl (C=O) groups excluding carboxylic acids is 2. The van der Waals surface area contributed by atoms with Gasteiger partial charge in [0.2, 0.25) is 0 Å². The third-order valence-electron chi connectivity index (χ3n) is 4.14. The molecule has 2 heterocycles. The van der Waals surface area contributed by atoms with Crippen molar-refractivity contribution in [2.24, 2.45) is 0 Å². The molecule has 1 aromatic rings. The Labute approximate surface area is 151 Å². The maximum atomic E-state index is 12.3. The van der Waals surface area contributed by atoms with Crippen LogP contribution in [0.5, 0.6) is 5.75 Å². The van der Waals surface area contributed by atoms with Gasteiger partial charge in [-0.2, -0.15) is 0 Å². The Kier molecular flexibility index (Phi) is 5.78. The SMILES string of the molecule is C[C@H](OC[C@H]1CCCCO1)C(=O)Nc1cc2c(cc1Cl)NC(=O)CO2. The molecular weight excluding hydrogens is 348 g/mol. The minimum atomic E-state index is -0.641. The van der Waals surface area contributed by atoms with Crippen LogP contribution in [0.3, 0.4) is 0 Å². The Bertz CT molecular complexity index is 661. The van der Waals surface area contributed by atoms with Crippen LogP contribution in [0.25, 0.3) is 0 Å². The number of benzene rings is 1. The Morgan fingerprint density at radius 3 is 3.08 bits per heavy atom. The van der Waals surface area contributed by atoms with Crippen LogP contribution in [-0.2, 0) is 19.1 Å². The van der Waals surface area contributed by atoms with E-state index >= 15 is 0 Å². The lowest BCUT2D eigenvalue weighted by Crippen LogP contribution is -2.32. The van der Waals surface area contributed by atoms with Gasteiger partial charge in [0, 0.05) is 12.7 Å². The number of hydrogen-bond acceptors (Lipinski definition) is 5. The highest BCUT2D eigenvalue weighted by molar-refractivity contribution is 6.34. The van der Waals surface area contributed by atoms with Gasteiger partial charge in [0.25, 0.3) is 11.8 Å². The summed E-state index contributed by atoms with van der Waals surface area (Å²) in [6, 6.07) is 3.14. The minimum Gasteiger partial charge on any atom is -0.482 e. The molecule has 2 aliphatic heterocycles. The molecule has 0 spiro atoms. The molecule has 0 bridgehead atoms. The van der Waals surface area contributed by atoms with Crippen molar-refractivity contribution < 1.29 is 23.8 Å². The fraction of sp³-hybridized carbons (Fsp3) is 0.529. The highest BCUT2D eigenvalue weighted by Crippen LogP contribution is 2.36. The molecular formula is C17H21ClN2O5. The molecule has 8 heteroatoms. The molecule has 2 aliphatic rings. The van der Waals surface area contributed by atoms with Crippen molar-refractivity contribution in [2.45, 2.75) is 38.4 Å². The summed E-state index contributed by atoms with van der Waals surface area (Å²) in [5.41, 5.74) is 0.893. The lowest BCUT2D eigenvalue weighted by Gasteiger charge is -2.24. The quantitative estimate of drug-likeness (QED) is 0.834. The Morgan fingerprint density at radius 2 is 2.32 bits per heavy atom. The summed E-state index contributed by atoms with van der Waals surface area (Å²) in [5.74, 6) is -0.0895. The summed E-state index contributed by atoms with van der Waals surface area (Å²) < 4.78 is 16.5. The zero-order valence-electron chi connectivity index (χ0n) is 14.0. The van der Waals surface area contributed by atoms with Gasteiger partial charge in [-0.1, -0.05) is 11.6 Å². The van der Waals surface area contributed by atoms with Crippen molar-refractivity contribution in [2.75, 3.05) is 30.5 Å². The maximum absolute atomic E-state index is 12.3. The molecule has 0 aromatic heterocycles. The van der Waals surface area contributed by atoms with Gasteiger partial charge in [0.1, 0.15) is 11.9 Å². The van der Waals surface area contributed by atoms with Crippen LogP contribution >= 0.6 is 11.6 Å². The molecule has 3 rings (SSSR count). The van der Waals surface area contributed by atoms with E-state index in [1.807, 2.05) is 0 Å². The van der Waals surface area contributed by atoms with Gasteiger partial charge in [-0.05, 0) is 32.3 Å². The largest absolute Gasteiger partial charge is 0.482 e. The normalized spacial score (nSPS) is 20.9. The van der Waals surface area contributed by atoms with E-state index in [4.69, 9.17) is 25.8 Å². The monoisotopic (exact) mass is 368 g/mol. The van der Waals surface area contributed by atoms with Gasteiger partial charge in [0.15, 0.2) is 6.61 Å². The summed E-state index contributed by atoms with van der Waals surface area (Å²) in [6.07, 6.45) is 2.56. The molecule has 1 aromatic carbocycles. The average Bonchev–Trinajstić information content (AvgIpc) is 2.61. The lowest BCUT2D eigenvalue weighted by molar-refractivity contribution is -0.130. The molecule has 0 unspecified atom stereocenters. The highest BCUT2D eigenvalue weighted by Gasteiger charge is 2.22. The van der Waals surface area contributed by atoms with Crippen LogP contribution in [0, 0.1) is 0 Å². The van der Waals surface area contributed by atoms with E-state index < -0.39 is 6.10 Å². The topological polar surface area (TPSA) is 85.9 Å². The Morgan fingerprint density at radius 1 is 1.48 bits per heavy atom. The summed E-state index contributed by atoms with van der Waals surface area (Å²) >= 11 is 6.17. The number of anilines is 2. The molecule has 7 nitrogen and oxygen atoms in total. The predicted molar refractivity (Wildman–Crippen MR) is 93.2 cm³/mol. The maximum Gasteiger partial charge on any atom is 0.262 e. The fourth-order valence-corrected chi connectivity index (χ4v) is 2.91. The molecule has 2 N–H and O–H groups in total. The summed E-state index contributed by atoms with van der Waals surface area (Å²) in [4.78, 5) is 23.6. The van der Waals surface area contributed by atoms with E-state index in [9.17, 15) is 9.59 Å². The van der Waals surface area contributed by atoms with Crippen LogP contribution in [0.2, 0.25) is 5.02 Å². The van der Waals surface area contributed by atoms with Crippen LogP contribution in [0.15, 0.2) is 12.1 Å². The minimum absolute atomic E-state index is 0.0494. The van der Waals surface area contributed by atoms with Crippen LogP contribution in [-0.4, -0.2) is 43.8 Å². The van der Waals surface area contributed by atoms with Crippen molar-refractivity contribution in [1.29, 1.82) is 0 Å². The molecule has 0 aliphatic carbocycles. The van der Waals surface area contributed by atoms with E-state index in [-0.39, 0.29) is 24.5 Å². The van der Waals surface area contributed by atoms with Gasteiger partial charge in [0.05, 0.1) is 29.1 Å². The van der Waals surface area contributed by atoms with E-state index in [0.717, 1.165) is 25.9 Å². The second-order valence-corrected chi connectivity index (χ2v) is 6.53. The standard InChI is InChI=1S/C17H21ClN2O5/c1-10(24-8-11-4-2-3-5-23-11)17(22)20-13-7-15-14(6-12(13)18)19-16(21)9-25-15/h6-7,10-11H,2-5,8-9H2,1H3,(H,19,21)(H,20,22)/t10-,11+/m0/s1. The van der Waals surface area contributed by atoms with E-state index in [2.05, 4.69) is 10.6 Å². The number of fused-ring (bicyclic) bond motifs is 1. The fourth-order valence-electron chi connectivity index (χ4n) is 2.70. The zero-order chi connectivity index (χ0) is 17.8.